The molecule has 4 nitrogen and oxygen atoms in total. The first-order valence-corrected chi connectivity index (χ1v) is 9.14. The van der Waals surface area contributed by atoms with E-state index in [0.29, 0.717) is 6.04 Å². The van der Waals surface area contributed by atoms with Gasteiger partial charge < -0.3 is 9.47 Å². The summed E-state index contributed by atoms with van der Waals surface area (Å²) >= 11 is 1.69. The minimum atomic E-state index is 0.168. The number of hydrogen-bond donors (Lipinski definition) is 0. The van der Waals surface area contributed by atoms with Crippen molar-refractivity contribution in [2.45, 2.75) is 43.1 Å². The highest BCUT2D eigenvalue weighted by Gasteiger charge is 2.24. The summed E-state index contributed by atoms with van der Waals surface area (Å²) in [6.07, 6.45) is 7.20. The normalized spacial score (nSPS) is 18.2. The summed E-state index contributed by atoms with van der Waals surface area (Å²) in [5.74, 6) is 0.989. The van der Waals surface area contributed by atoms with Crippen LogP contribution in [-0.4, -0.2) is 32.9 Å². The summed E-state index contributed by atoms with van der Waals surface area (Å²) in [7, 11) is 1.99. The lowest BCUT2D eigenvalue weighted by atomic mass is 10.0. The molecule has 1 fully saturated rings. The molecule has 1 aromatic carbocycles. The number of nitrogens with zero attached hydrogens (tertiary/aromatic N) is 3. The second-order valence-electron chi connectivity index (χ2n) is 6.15. The fourth-order valence-corrected chi connectivity index (χ4v) is 3.87. The van der Waals surface area contributed by atoms with Crippen molar-refractivity contribution in [3.63, 3.8) is 0 Å². The Hall–Kier alpha value is -1.75. The third-order valence-electron chi connectivity index (χ3n) is 4.38. The van der Waals surface area contributed by atoms with Crippen LogP contribution in [0.1, 0.15) is 42.1 Å². The topological polar surface area (TPSA) is 38.1 Å². The van der Waals surface area contributed by atoms with E-state index in [0.717, 1.165) is 41.4 Å². The van der Waals surface area contributed by atoms with Crippen LogP contribution in [0.25, 0.3) is 0 Å². The van der Waals surface area contributed by atoms with Gasteiger partial charge in [0.15, 0.2) is 5.16 Å². The summed E-state index contributed by atoms with van der Waals surface area (Å²) in [5, 5.41) is 0.992. The zero-order valence-corrected chi connectivity index (χ0v) is 14.6. The standard InChI is InChI=1S/C18H23N3OS/c1-14-6-3-4-10-21(14)17(22)16-8-5-7-15(12-16)13-23-18-19-9-11-20(18)2/h5,7-9,11-12,14H,3-4,6,10,13H2,1-2H3/t14-/m1/s1. The smallest absolute Gasteiger partial charge is 0.254 e. The van der Waals surface area contributed by atoms with Gasteiger partial charge in [-0.1, -0.05) is 23.9 Å². The molecule has 1 aliphatic rings. The van der Waals surface area contributed by atoms with Crippen LogP contribution in [0, 0.1) is 0 Å². The van der Waals surface area contributed by atoms with Crippen molar-refractivity contribution in [2.24, 2.45) is 7.05 Å². The number of piperidine rings is 1. The predicted octanol–water partition coefficient (Wildman–Crippen LogP) is 3.73. The second kappa shape index (κ2) is 7.21. The maximum Gasteiger partial charge on any atom is 0.254 e. The lowest BCUT2D eigenvalue weighted by molar-refractivity contribution is 0.0635. The zero-order chi connectivity index (χ0) is 16.2. The van der Waals surface area contributed by atoms with Crippen LogP contribution in [0.2, 0.25) is 0 Å². The summed E-state index contributed by atoms with van der Waals surface area (Å²) < 4.78 is 2.01. The van der Waals surface area contributed by atoms with Crippen molar-refractivity contribution in [3.8, 4) is 0 Å². The van der Waals surface area contributed by atoms with E-state index in [-0.39, 0.29) is 5.91 Å². The SMILES string of the molecule is C[C@@H]1CCCCN1C(=O)c1cccc(CSc2nccn2C)c1. The molecule has 1 aliphatic heterocycles. The Morgan fingerprint density at radius 2 is 2.26 bits per heavy atom. The van der Waals surface area contributed by atoms with Gasteiger partial charge in [0.25, 0.3) is 5.91 Å². The van der Waals surface area contributed by atoms with E-state index in [2.05, 4.69) is 18.0 Å². The van der Waals surface area contributed by atoms with Crippen molar-refractivity contribution in [1.82, 2.24) is 14.5 Å². The van der Waals surface area contributed by atoms with Gasteiger partial charge in [0.1, 0.15) is 0 Å². The third kappa shape index (κ3) is 3.78. The van der Waals surface area contributed by atoms with Gasteiger partial charge in [-0.15, -0.1) is 0 Å². The van der Waals surface area contributed by atoms with Gasteiger partial charge in [0.2, 0.25) is 0 Å². The van der Waals surface area contributed by atoms with Crippen LogP contribution in [-0.2, 0) is 12.8 Å². The van der Waals surface area contributed by atoms with Crippen LogP contribution < -0.4 is 0 Å². The Morgan fingerprint density at radius 1 is 1.39 bits per heavy atom. The van der Waals surface area contributed by atoms with Crippen molar-refractivity contribution >= 4 is 17.7 Å². The fourth-order valence-electron chi connectivity index (χ4n) is 3.00. The number of aryl methyl sites for hydroxylation is 1. The third-order valence-corrected chi connectivity index (χ3v) is 5.51. The van der Waals surface area contributed by atoms with E-state index in [4.69, 9.17) is 0 Å². The molecule has 2 heterocycles. The van der Waals surface area contributed by atoms with E-state index >= 15 is 0 Å². The Morgan fingerprint density at radius 3 is 3.00 bits per heavy atom. The molecule has 3 rings (SSSR count). The van der Waals surface area contributed by atoms with Crippen molar-refractivity contribution in [2.75, 3.05) is 6.54 Å². The highest BCUT2D eigenvalue weighted by Crippen LogP contribution is 2.23. The molecule has 0 spiro atoms. The number of aromatic nitrogens is 2. The molecule has 0 saturated carbocycles. The lowest BCUT2D eigenvalue weighted by Gasteiger charge is -2.33. The number of amides is 1. The summed E-state index contributed by atoms with van der Waals surface area (Å²) in [4.78, 5) is 19.1. The van der Waals surface area contributed by atoms with E-state index in [1.807, 2.05) is 40.9 Å². The van der Waals surface area contributed by atoms with Gasteiger partial charge >= 0.3 is 0 Å². The van der Waals surface area contributed by atoms with Gasteiger partial charge in [0, 0.05) is 43.3 Å². The highest BCUT2D eigenvalue weighted by molar-refractivity contribution is 7.98. The van der Waals surface area contributed by atoms with E-state index < -0.39 is 0 Å². The number of hydrogen-bond acceptors (Lipinski definition) is 3. The Kier molecular flexibility index (Phi) is 5.06. The molecule has 0 unspecified atom stereocenters. The fraction of sp³-hybridized carbons (Fsp3) is 0.444. The number of likely N-dealkylation sites (tertiary alicyclic amines) is 1. The number of benzene rings is 1. The largest absolute Gasteiger partial charge is 0.336 e. The monoisotopic (exact) mass is 329 g/mol. The summed E-state index contributed by atoms with van der Waals surface area (Å²) in [5.41, 5.74) is 1.96. The second-order valence-corrected chi connectivity index (χ2v) is 7.10. The number of imidazole rings is 1. The number of carbonyl (C=O) groups is 1. The predicted molar refractivity (Wildman–Crippen MR) is 93.6 cm³/mol. The maximum atomic E-state index is 12.8. The average molecular weight is 329 g/mol. The molecule has 122 valence electrons. The van der Waals surface area contributed by atoms with Crippen LogP contribution in [0.15, 0.2) is 41.8 Å². The first kappa shape index (κ1) is 16.1. The van der Waals surface area contributed by atoms with E-state index in [9.17, 15) is 4.79 Å². The molecule has 0 N–H and O–H groups in total. The van der Waals surface area contributed by atoms with Crippen LogP contribution in [0.3, 0.4) is 0 Å². The zero-order valence-electron chi connectivity index (χ0n) is 13.7. The van der Waals surface area contributed by atoms with Gasteiger partial charge in [-0.3, -0.25) is 4.79 Å². The summed E-state index contributed by atoms with van der Waals surface area (Å²) in [6, 6.07) is 8.36. The molecule has 5 heteroatoms. The van der Waals surface area contributed by atoms with E-state index in [1.165, 1.54) is 6.42 Å². The molecule has 1 saturated heterocycles. The minimum absolute atomic E-state index is 0.168. The molecule has 1 aromatic heterocycles. The molecule has 23 heavy (non-hydrogen) atoms. The molecule has 0 aliphatic carbocycles. The van der Waals surface area contributed by atoms with E-state index in [1.54, 1.807) is 18.0 Å². The molecular weight excluding hydrogens is 306 g/mol. The first-order chi connectivity index (χ1) is 11.1. The quantitative estimate of drug-likeness (QED) is 0.802. The Labute approximate surface area is 141 Å². The maximum absolute atomic E-state index is 12.8. The van der Waals surface area contributed by atoms with Crippen molar-refractivity contribution < 1.29 is 4.79 Å². The molecule has 1 amide bonds. The van der Waals surface area contributed by atoms with Crippen LogP contribution >= 0.6 is 11.8 Å². The first-order valence-electron chi connectivity index (χ1n) is 8.15. The van der Waals surface area contributed by atoms with Gasteiger partial charge in [-0.25, -0.2) is 4.98 Å². The molecule has 0 radical (unpaired) electrons. The van der Waals surface area contributed by atoms with Gasteiger partial charge in [0.05, 0.1) is 0 Å². The Bertz CT molecular complexity index is 682. The van der Waals surface area contributed by atoms with Gasteiger partial charge in [-0.2, -0.15) is 0 Å². The minimum Gasteiger partial charge on any atom is -0.336 e. The lowest BCUT2D eigenvalue weighted by Crippen LogP contribution is -2.42. The number of carbonyl (C=O) groups excluding carboxylic acids is 1. The Balaban J connectivity index is 1.69. The summed E-state index contributed by atoms with van der Waals surface area (Å²) in [6.45, 7) is 3.03. The average Bonchev–Trinajstić information content (AvgIpc) is 2.98. The van der Waals surface area contributed by atoms with Crippen LogP contribution in [0.4, 0.5) is 0 Å². The molecule has 0 bridgehead atoms. The highest BCUT2D eigenvalue weighted by atomic mass is 32.2. The molecular formula is C18H23N3OS. The number of thioether (sulfide) groups is 1. The van der Waals surface area contributed by atoms with Crippen LogP contribution in [0.5, 0.6) is 0 Å². The number of rotatable bonds is 4. The van der Waals surface area contributed by atoms with Crippen molar-refractivity contribution in [1.29, 1.82) is 0 Å². The molecule has 2 aromatic rings. The molecule has 1 atom stereocenters. The van der Waals surface area contributed by atoms with Crippen molar-refractivity contribution in [3.05, 3.63) is 47.8 Å². The van der Waals surface area contributed by atoms with Gasteiger partial charge in [-0.05, 0) is 43.9 Å².